The molecule has 0 amide bonds. The lowest BCUT2D eigenvalue weighted by molar-refractivity contribution is -0.136. The maximum absolute atomic E-state index is 10.7. The van der Waals surface area contributed by atoms with Crippen LogP contribution in [0.15, 0.2) is 48.5 Å². The van der Waals surface area contributed by atoms with Gasteiger partial charge in [-0.25, -0.2) is 0 Å². The molecular formula is C19H22O3. The number of rotatable bonds is 8. The van der Waals surface area contributed by atoms with Crippen LogP contribution in [0.1, 0.15) is 37.3 Å². The van der Waals surface area contributed by atoms with Crippen LogP contribution in [0.25, 0.3) is 0 Å². The van der Waals surface area contributed by atoms with Gasteiger partial charge in [0.15, 0.2) is 0 Å². The van der Waals surface area contributed by atoms with Crippen LogP contribution < -0.4 is 4.74 Å². The third-order valence-electron chi connectivity index (χ3n) is 3.53. The summed E-state index contributed by atoms with van der Waals surface area (Å²) in [5, 5.41) is 8.77. The molecule has 0 heterocycles. The minimum atomic E-state index is -0.781. The highest BCUT2D eigenvalue weighted by Gasteiger charge is 2.05. The summed E-state index contributed by atoms with van der Waals surface area (Å²) < 4.78 is 6.01. The Hall–Kier alpha value is -2.29. The number of unbranched alkanes of at least 4 members (excludes halogenated alkanes) is 1. The molecule has 2 rings (SSSR count). The van der Waals surface area contributed by atoms with Gasteiger partial charge in [-0.3, -0.25) is 4.79 Å². The first-order chi connectivity index (χ1) is 10.7. The second-order valence-electron chi connectivity index (χ2n) is 5.35. The number of carbonyl (C=O) groups is 1. The van der Waals surface area contributed by atoms with Crippen molar-refractivity contribution in [3.05, 3.63) is 59.7 Å². The Bertz CT molecular complexity index is 620. The molecular weight excluding hydrogens is 276 g/mol. The van der Waals surface area contributed by atoms with Crippen molar-refractivity contribution < 1.29 is 14.6 Å². The number of hydrogen-bond donors (Lipinski definition) is 1. The molecule has 0 saturated carbocycles. The molecule has 2 aromatic carbocycles. The van der Waals surface area contributed by atoms with Gasteiger partial charge in [-0.15, -0.1) is 0 Å². The standard InChI is InChI=1S/C19H22O3/c1-2-3-8-16-9-4-5-11-18(16)22-17-10-6-7-15(14-17)12-13-19(20)21/h4-7,9-11,14H,2-3,8,12-13H2,1H3,(H,20,21). The van der Waals surface area contributed by atoms with Crippen molar-refractivity contribution in [3.8, 4) is 11.5 Å². The van der Waals surface area contributed by atoms with E-state index in [4.69, 9.17) is 9.84 Å². The van der Waals surface area contributed by atoms with E-state index in [1.54, 1.807) is 0 Å². The van der Waals surface area contributed by atoms with E-state index in [1.807, 2.05) is 42.5 Å². The highest BCUT2D eigenvalue weighted by molar-refractivity contribution is 5.67. The largest absolute Gasteiger partial charge is 0.481 e. The van der Waals surface area contributed by atoms with Gasteiger partial charge in [-0.1, -0.05) is 43.7 Å². The predicted molar refractivity (Wildman–Crippen MR) is 87.5 cm³/mol. The molecule has 0 spiro atoms. The Morgan fingerprint density at radius 1 is 1.09 bits per heavy atom. The number of aliphatic carboxylic acids is 1. The summed E-state index contributed by atoms with van der Waals surface area (Å²) in [5.74, 6) is 0.856. The van der Waals surface area contributed by atoms with Crippen LogP contribution >= 0.6 is 0 Å². The number of ether oxygens (including phenoxy) is 1. The lowest BCUT2D eigenvalue weighted by Crippen LogP contribution is -1.98. The van der Waals surface area contributed by atoms with Crippen LogP contribution in [0.5, 0.6) is 11.5 Å². The van der Waals surface area contributed by atoms with Gasteiger partial charge in [-0.05, 0) is 48.6 Å². The van der Waals surface area contributed by atoms with E-state index in [1.165, 1.54) is 5.56 Å². The summed E-state index contributed by atoms with van der Waals surface area (Å²) >= 11 is 0. The zero-order valence-electron chi connectivity index (χ0n) is 12.9. The Balaban J connectivity index is 2.10. The van der Waals surface area contributed by atoms with Gasteiger partial charge >= 0.3 is 5.97 Å². The second-order valence-corrected chi connectivity index (χ2v) is 5.35. The molecule has 22 heavy (non-hydrogen) atoms. The van der Waals surface area contributed by atoms with Gasteiger partial charge in [0.1, 0.15) is 11.5 Å². The smallest absolute Gasteiger partial charge is 0.303 e. The van der Waals surface area contributed by atoms with E-state index in [0.29, 0.717) is 6.42 Å². The normalized spacial score (nSPS) is 10.4. The van der Waals surface area contributed by atoms with Gasteiger partial charge in [0.25, 0.3) is 0 Å². The molecule has 0 atom stereocenters. The van der Waals surface area contributed by atoms with Gasteiger partial charge in [0, 0.05) is 6.42 Å². The summed E-state index contributed by atoms with van der Waals surface area (Å²) in [6.07, 6.45) is 3.95. The Morgan fingerprint density at radius 2 is 1.91 bits per heavy atom. The maximum Gasteiger partial charge on any atom is 0.303 e. The zero-order valence-corrected chi connectivity index (χ0v) is 12.9. The van der Waals surface area contributed by atoms with Gasteiger partial charge < -0.3 is 9.84 Å². The Labute approximate surface area is 131 Å². The average Bonchev–Trinajstić information content (AvgIpc) is 2.52. The van der Waals surface area contributed by atoms with Crippen LogP contribution in [0.2, 0.25) is 0 Å². The van der Waals surface area contributed by atoms with Crippen LogP contribution in [0.4, 0.5) is 0 Å². The third-order valence-corrected chi connectivity index (χ3v) is 3.53. The zero-order chi connectivity index (χ0) is 15.8. The van der Waals surface area contributed by atoms with Crippen molar-refractivity contribution in [2.75, 3.05) is 0 Å². The molecule has 3 heteroatoms. The summed E-state index contributed by atoms with van der Waals surface area (Å²) in [6.45, 7) is 2.18. The fourth-order valence-electron chi connectivity index (χ4n) is 2.32. The fraction of sp³-hybridized carbons (Fsp3) is 0.316. The van der Waals surface area contributed by atoms with Crippen molar-refractivity contribution >= 4 is 5.97 Å². The van der Waals surface area contributed by atoms with Crippen molar-refractivity contribution in [2.24, 2.45) is 0 Å². The van der Waals surface area contributed by atoms with Crippen LogP contribution in [0.3, 0.4) is 0 Å². The molecule has 3 nitrogen and oxygen atoms in total. The monoisotopic (exact) mass is 298 g/mol. The molecule has 1 N–H and O–H groups in total. The molecule has 0 saturated heterocycles. The topological polar surface area (TPSA) is 46.5 Å². The first-order valence-electron chi connectivity index (χ1n) is 7.75. The molecule has 0 radical (unpaired) electrons. The number of aryl methyl sites for hydroxylation is 2. The third kappa shape index (κ3) is 4.92. The molecule has 0 aliphatic carbocycles. The molecule has 0 bridgehead atoms. The maximum atomic E-state index is 10.7. The predicted octanol–water partition coefficient (Wildman–Crippen LogP) is 4.84. The number of hydrogen-bond acceptors (Lipinski definition) is 2. The van der Waals surface area contributed by atoms with Crippen molar-refractivity contribution in [1.82, 2.24) is 0 Å². The number of para-hydroxylation sites is 1. The Kier molecular flexibility index (Phi) is 6.01. The number of benzene rings is 2. The summed E-state index contributed by atoms with van der Waals surface area (Å²) in [5.41, 5.74) is 2.19. The molecule has 116 valence electrons. The lowest BCUT2D eigenvalue weighted by Gasteiger charge is -2.11. The highest BCUT2D eigenvalue weighted by atomic mass is 16.5. The van der Waals surface area contributed by atoms with Crippen molar-refractivity contribution in [3.63, 3.8) is 0 Å². The van der Waals surface area contributed by atoms with E-state index in [2.05, 4.69) is 13.0 Å². The van der Waals surface area contributed by atoms with Crippen LogP contribution in [-0.2, 0) is 17.6 Å². The molecule has 2 aromatic rings. The van der Waals surface area contributed by atoms with Gasteiger partial charge in [0.2, 0.25) is 0 Å². The molecule has 0 aliphatic rings. The van der Waals surface area contributed by atoms with Crippen LogP contribution in [0, 0.1) is 0 Å². The van der Waals surface area contributed by atoms with Gasteiger partial charge in [-0.2, -0.15) is 0 Å². The van der Waals surface area contributed by atoms with E-state index in [0.717, 1.165) is 36.3 Å². The molecule has 0 aliphatic heterocycles. The first kappa shape index (κ1) is 16.1. The van der Waals surface area contributed by atoms with Gasteiger partial charge in [0.05, 0.1) is 0 Å². The quantitative estimate of drug-likeness (QED) is 0.758. The van der Waals surface area contributed by atoms with E-state index in [-0.39, 0.29) is 6.42 Å². The molecule has 0 aromatic heterocycles. The SMILES string of the molecule is CCCCc1ccccc1Oc1cccc(CCC(=O)O)c1. The first-order valence-corrected chi connectivity index (χ1v) is 7.75. The minimum absolute atomic E-state index is 0.135. The van der Waals surface area contributed by atoms with Crippen molar-refractivity contribution in [1.29, 1.82) is 0 Å². The minimum Gasteiger partial charge on any atom is -0.481 e. The number of carboxylic acids is 1. The summed E-state index contributed by atoms with van der Waals surface area (Å²) in [7, 11) is 0. The second kappa shape index (κ2) is 8.23. The number of carboxylic acid groups (broad SMARTS) is 1. The molecule has 0 unspecified atom stereocenters. The fourth-order valence-corrected chi connectivity index (χ4v) is 2.32. The van der Waals surface area contributed by atoms with E-state index >= 15 is 0 Å². The van der Waals surface area contributed by atoms with Crippen molar-refractivity contribution in [2.45, 2.75) is 39.0 Å². The van der Waals surface area contributed by atoms with E-state index in [9.17, 15) is 4.79 Å². The lowest BCUT2D eigenvalue weighted by atomic mass is 10.1. The summed E-state index contributed by atoms with van der Waals surface area (Å²) in [6, 6.07) is 15.7. The summed E-state index contributed by atoms with van der Waals surface area (Å²) in [4.78, 5) is 10.7. The molecule has 0 fully saturated rings. The van der Waals surface area contributed by atoms with Crippen LogP contribution in [-0.4, -0.2) is 11.1 Å². The highest BCUT2D eigenvalue weighted by Crippen LogP contribution is 2.27. The Morgan fingerprint density at radius 3 is 2.68 bits per heavy atom. The van der Waals surface area contributed by atoms with E-state index < -0.39 is 5.97 Å². The average molecular weight is 298 g/mol.